The highest BCUT2D eigenvalue weighted by Crippen LogP contribution is 2.24. The molecule has 0 saturated heterocycles. The average Bonchev–Trinajstić information content (AvgIpc) is 2.78. The summed E-state index contributed by atoms with van der Waals surface area (Å²) < 4.78 is 26.8. The summed E-state index contributed by atoms with van der Waals surface area (Å²) in [5.74, 6) is -0.190. The Bertz CT molecular complexity index is 1110. The van der Waals surface area contributed by atoms with Crippen molar-refractivity contribution in [1.82, 2.24) is 5.32 Å². The van der Waals surface area contributed by atoms with E-state index >= 15 is 0 Å². The number of carbonyl (C=O) groups is 1. The second-order valence-electron chi connectivity index (χ2n) is 7.12. The van der Waals surface area contributed by atoms with E-state index in [4.69, 9.17) is 0 Å². The van der Waals surface area contributed by atoms with Crippen LogP contribution in [0.2, 0.25) is 0 Å². The van der Waals surface area contributed by atoms with E-state index in [1.807, 2.05) is 38.1 Å². The van der Waals surface area contributed by atoms with Crippen LogP contribution in [0.3, 0.4) is 0 Å². The first-order valence-corrected chi connectivity index (χ1v) is 11.3. The minimum Gasteiger partial charge on any atom is -0.345 e. The van der Waals surface area contributed by atoms with Crippen molar-refractivity contribution in [2.45, 2.75) is 31.2 Å². The number of sulfonamides is 1. The molecule has 0 saturated carbocycles. The Kier molecular flexibility index (Phi) is 6.57. The maximum Gasteiger partial charge on any atom is 0.264 e. The van der Waals surface area contributed by atoms with Gasteiger partial charge in [0.25, 0.3) is 15.9 Å². The zero-order valence-corrected chi connectivity index (χ0v) is 18.2. The molecule has 0 aromatic heterocycles. The molecule has 0 aliphatic rings. The zero-order chi connectivity index (χ0) is 21.7. The molecule has 3 aromatic carbocycles. The third-order valence-electron chi connectivity index (χ3n) is 5.17. The Morgan fingerprint density at radius 3 is 2.13 bits per heavy atom. The van der Waals surface area contributed by atoms with E-state index in [-0.39, 0.29) is 16.8 Å². The monoisotopic (exact) mass is 422 g/mol. The summed E-state index contributed by atoms with van der Waals surface area (Å²) in [5, 5.41) is 3.07. The van der Waals surface area contributed by atoms with Gasteiger partial charge >= 0.3 is 0 Å². The number of rotatable bonds is 7. The van der Waals surface area contributed by atoms with Gasteiger partial charge in [-0.2, -0.15) is 0 Å². The summed E-state index contributed by atoms with van der Waals surface area (Å²) in [7, 11) is -2.15. The fourth-order valence-corrected chi connectivity index (χ4v) is 4.55. The highest BCUT2D eigenvalue weighted by atomic mass is 32.2. The Balaban J connectivity index is 1.76. The SMILES string of the molecule is CC[C@H](NC(=O)c1ccc(N(C)S(=O)(=O)c2ccccc2)cc1)c1ccccc1C. The van der Waals surface area contributed by atoms with Gasteiger partial charge in [-0.3, -0.25) is 9.10 Å². The third-order valence-corrected chi connectivity index (χ3v) is 6.97. The van der Waals surface area contributed by atoms with E-state index in [0.29, 0.717) is 11.3 Å². The van der Waals surface area contributed by atoms with Crippen molar-refractivity contribution in [1.29, 1.82) is 0 Å². The smallest absolute Gasteiger partial charge is 0.264 e. The van der Waals surface area contributed by atoms with E-state index in [9.17, 15) is 13.2 Å². The normalized spacial score (nSPS) is 12.2. The predicted molar refractivity (Wildman–Crippen MR) is 120 cm³/mol. The molecule has 0 heterocycles. The Labute approximate surface area is 178 Å². The van der Waals surface area contributed by atoms with Crippen molar-refractivity contribution in [3.63, 3.8) is 0 Å². The molecule has 0 aliphatic carbocycles. The molecule has 0 spiro atoms. The molecule has 1 N–H and O–H groups in total. The van der Waals surface area contributed by atoms with Crippen molar-refractivity contribution >= 4 is 21.6 Å². The van der Waals surface area contributed by atoms with Crippen LogP contribution in [-0.4, -0.2) is 21.4 Å². The lowest BCUT2D eigenvalue weighted by atomic mass is 9.99. The second-order valence-corrected chi connectivity index (χ2v) is 9.09. The van der Waals surface area contributed by atoms with Gasteiger partial charge in [0.2, 0.25) is 0 Å². The lowest BCUT2D eigenvalue weighted by Gasteiger charge is -2.21. The molecule has 0 radical (unpaired) electrons. The molecule has 1 atom stereocenters. The highest BCUT2D eigenvalue weighted by molar-refractivity contribution is 7.92. The summed E-state index contributed by atoms with van der Waals surface area (Å²) in [6, 6.07) is 22.8. The third kappa shape index (κ3) is 4.54. The molecule has 30 heavy (non-hydrogen) atoms. The quantitative estimate of drug-likeness (QED) is 0.600. The molecule has 0 fully saturated rings. The van der Waals surface area contributed by atoms with Crippen LogP contribution < -0.4 is 9.62 Å². The summed E-state index contributed by atoms with van der Waals surface area (Å²) in [6.45, 7) is 4.06. The number of nitrogens with zero attached hydrogens (tertiary/aromatic N) is 1. The first-order chi connectivity index (χ1) is 14.3. The molecule has 5 nitrogen and oxygen atoms in total. The van der Waals surface area contributed by atoms with Crippen LogP contribution in [0, 0.1) is 6.92 Å². The van der Waals surface area contributed by atoms with Gasteiger partial charge in [0, 0.05) is 12.6 Å². The molecule has 1 amide bonds. The molecule has 3 aromatic rings. The first-order valence-electron chi connectivity index (χ1n) is 9.85. The van der Waals surface area contributed by atoms with Gasteiger partial charge in [-0.05, 0) is 60.9 Å². The van der Waals surface area contributed by atoms with Crippen molar-refractivity contribution in [2.24, 2.45) is 0 Å². The lowest BCUT2D eigenvalue weighted by Crippen LogP contribution is -2.29. The summed E-state index contributed by atoms with van der Waals surface area (Å²) >= 11 is 0. The number of hydrogen-bond donors (Lipinski definition) is 1. The van der Waals surface area contributed by atoms with E-state index < -0.39 is 10.0 Å². The molecular formula is C24H26N2O3S. The fraction of sp³-hybridized carbons (Fsp3) is 0.208. The number of aryl methyl sites for hydroxylation is 1. The maximum absolute atomic E-state index is 12.8. The zero-order valence-electron chi connectivity index (χ0n) is 17.4. The lowest BCUT2D eigenvalue weighted by molar-refractivity contribution is 0.0935. The topological polar surface area (TPSA) is 66.5 Å². The fourth-order valence-electron chi connectivity index (χ4n) is 3.33. The van der Waals surface area contributed by atoms with Crippen LogP contribution in [-0.2, 0) is 10.0 Å². The van der Waals surface area contributed by atoms with Crippen LogP contribution in [0.25, 0.3) is 0 Å². The van der Waals surface area contributed by atoms with Crippen LogP contribution in [0.1, 0.15) is 40.9 Å². The van der Waals surface area contributed by atoms with Gasteiger partial charge < -0.3 is 5.32 Å². The number of carbonyl (C=O) groups excluding carboxylic acids is 1. The standard InChI is InChI=1S/C24H26N2O3S/c1-4-23(22-13-9-8-10-18(22)2)25-24(27)19-14-16-20(17-15-19)26(3)30(28,29)21-11-6-5-7-12-21/h5-17,23H,4H2,1-3H3,(H,25,27)/t23-/m0/s1. The van der Waals surface area contributed by atoms with Crippen LogP contribution in [0.5, 0.6) is 0 Å². The summed E-state index contributed by atoms with van der Waals surface area (Å²) in [6.07, 6.45) is 0.771. The number of anilines is 1. The van der Waals surface area contributed by atoms with Crippen molar-refractivity contribution in [3.05, 3.63) is 95.6 Å². The number of amides is 1. The van der Waals surface area contributed by atoms with Gasteiger partial charge in [-0.1, -0.05) is 49.4 Å². The molecule has 0 aliphatic heterocycles. The van der Waals surface area contributed by atoms with E-state index in [2.05, 4.69) is 5.32 Å². The average molecular weight is 423 g/mol. The van der Waals surface area contributed by atoms with Crippen molar-refractivity contribution in [3.8, 4) is 0 Å². The van der Waals surface area contributed by atoms with Gasteiger partial charge in [-0.25, -0.2) is 8.42 Å². The number of benzene rings is 3. The molecular weight excluding hydrogens is 396 g/mol. The van der Waals surface area contributed by atoms with Gasteiger partial charge in [0.1, 0.15) is 0 Å². The second kappa shape index (κ2) is 9.13. The Morgan fingerprint density at radius 2 is 1.53 bits per heavy atom. The molecule has 156 valence electrons. The summed E-state index contributed by atoms with van der Waals surface area (Å²) in [5.41, 5.74) is 3.20. The molecule has 0 unspecified atom stereocenters. The van der Waals surface area contributed by atoms with Crippen LogP contribution >= 0.6 is 0 Å². The Hall–Kier alpha value is -3.12. The first kappa shape index (κ1) is 21.6. The number of hydrogen-bond acceptors (Lipinski definition) is 3. The van der Waals surface area contributed by atoms with Gasteiger partial charge in [0.05, 0.1) is 16.6 Å². The Morgan fingerprint density at radius 1 is 0.933 bits per heavy atom. The van der Waals surface area contributed by atoms with Crippen LogP contribution in [0.4, 0.5) is 5.69 Å². The largest absolute Gasteiger partial charge is 0.345 e. The van der Waals surface area contributed by atoms with Gasteiger partial charge in [-0.15, -0.1) is 0 Å². The maximum atomic E-state index is 12.8. The number of nitrogens with one attached hydrogen (secondary N) is 1. The van der Waals surface area contributed by atoms with Gasteiger partial charge in [0.15, 0.2) is 0 Å². The predicted octanol–water partition coefficient (Wildman–Crippen LogP) is 4.70. The molecule has 0 bridgehead atoms. The van der Waals surface area contributed by atoms with Crippen molar-refractivity contribution < 1.29 is 13.2 Å². The van der Waals surface area contributed by atoms with E-state index in [1.165, 1.54) is 11.4 Å². The molecule has 3 rings (SSSR count). The minimum atomic E-state index is -3.66. The molecule has 6 heteroatoms. The van der Waals surface area contributed by atoms with Crippen LogP contribution in [0.15, 0.2) is 83.8 Å². The summed E-state index contributed by atoms with van der Waals surface area (Å²) in [4.78, 5) is 13.0. The van der Waals surface area contributed by atoms with Crippen molar-refractivity contribution in [2.75, 3.05) is 11.4 Å². The highest BCUT2D eigenvalue weighted by Gasteiger charge is 2.21. The van der Waals surface area contributed by atoms with E-state index in [0.717, 1.165) is 17.5 Å². The van der Waals surface area contributed by atoms with E-state index in [1.54, 1.807) is 54.6 Å². The minimum absolute atomic E-state index is 0.0838.